The number of carbonyl (C=O) groups excluding carboxylic acids is 1. The molecule has 0 unspecified atom stereocenters. The zero-order valence-corrected chi connectivity index (χ0v) is 18.8. The van der Waals surface area contributed by atoms with Crippen LogP contribution in [0.25, 0.3) is 11.2 Å². The Morgan fingerprint density at radius 3 is 2.80 bits per heavy atom. The molecule has 3 aromatic rings. The van der Waals surface area contributed by atoms with Gasteiger partial charge in [0.05, 0.1) is 19.0 Å². The number of amides is 1. The highest BCUT2D eigenvalue weighted by Gasteiger charge is 2.46. The van der Waals surface area contributed by atoms with Crippen molar-refractivity contribution < 1.29 is 29.2 Å². The van der Waals surface area contributed by atoms with E-state index in [1.165, 1.54) is 25.5 Å². The van der Waals surface area contributed by atoms with Crippen molar-refractivity contribution in [3.8, 4) is 11.5 Å². The average molecular weight is 482 g/mol. The molecule has 1 amide bonds. The zero-order chi connectivity index (χ0) is 23.9. The van der Waals surface area contributed by atoms with Crippen molar-refractivity contribution in [3.63, 3.8) is 0 Å². The second-order valence-electron chi connectivity index (χ2n) is 8.98. The molecule has 0 bridgehead atoms. The summed E-state index contributed by atoms with van der Waals surface area (Å²) in [5.41, 5.74) is 1.40. The van der Waals surface area contributed by atoms with E-state index in [-0.39, 0.29) is 6.79 Å². The highest BCUT2D eigenvalue weighted by atomic mass is 16.7. The van der Waals surface area contributed by atoms with Crippen LogP contribution in [0.2, 0.25) is 0 Å². The van der Waals surface area contributed by atoms with Gasteiger partial charge in [0, 0.05) is 11.6 Å². The number of anilines is 1. The van der Waals surface area contributed by atoms with Crippen molar-refractivity contribution in [1.29, 1.82) is 0 Å². The van der Waals surface area contributed by atoms with E-state index in [2.05, 4.69) is 25.6 Å². The largest absolute Gasteiger partial charge is 0.454 e. The van der Waals surface area contributed by atoms with Gasteiger partial charge in [0.1, 0.15) is 18.5 Å². The Morgan fingerprint density at radius 1 is 1.14 bits per heavy atom. The third-order valence-electron chi connectivity index (χ3n) is 6.82. The van der Waals surface area contributed by atoms with Gasteiger partial charge in [0.2, 0.25) is 6.79 Å². The first-order valence-electron chi connectivity index (χ1n) is 11.7. The number of fused-ring (bicyclic) bond motifs is 2. The van der Waals surface area contributed by atoms with Crippen molar-refractivity contribution in [2.24, 2.45) is 0 Å². The summed E-state index contributed by atoms with van der Waals surface area (Å²) in [6, 6.07) is 4.32. The monoisotopic (exact) mass is 482 g/mol. The molecule has 2 aliphatic heterocycles. The number of hydrogen-bond donors (Lipinski definition) is 4. The van der Waals surface area contributed by atoms with E-state index in [1.807, 2.05) is 0 Å². The molecule has 1 saturated heterocycles. The number of imidazole rings is 1. The van der Waals surface area contributed by atoms with E-state index in [0.717, 1.165) is 12.8 Å². The van der Waals surface area contributed by atoms with E-state index in [9.17, 15) is 15.0 Å². The standard InChI is InChI=1S/C23H26N6O6/c30-8-16-17(28-22(32)12-5-6-14-15(7-12)34-11-33-14)19(31)23(35-16)29-10-26-18-20(24-9-25-21(18)29)27-13-3-1-2-4-13/h5-7,9-10,13,16-17,19,23,30-31H,1-4,8,11H2,(H,28,32)(H,24,25,27)/t16-,17-,19-,23-/m1/s1. The predicted molar refractivity (Wildman–Crippen MR) is 122 cm³/mol. The number of aromatic nitrogens is 4. The van der Waals surface area contributed by atoms with Crippen molar-refractivity contribution >= 4 is 22.9 Å². The van der Waals surface area contributed by atoms with Gasteiger partial charge < -0.3 is 35.1 Å². The Balaban J connectivity index is 1.23. The quantitative estimate of drug-likeness (QED) is 0.400. The molecule has 2 fully saturated rings. The molecule has 4 atom stereocenters. The van der Waals surface area contributed by atoms with Gasteiger partial charge >= 0.3 is 0 Å². The second kappa shape index (κ2) is 8.95. The van der Waals surface area contributed by atoms with Crippen molar-refractivity contribution in [2.45, 2.75) is 56.2 Å². The zero-order valence-electron chi connectivity index (χ0n) is 18.8. The topological polar surface area (TPSA) is 153 Å². The maximum Gasteiger partial charge on any atom is 0.251 e. The Bertz CT molecular complexity index is 1240. The SMILES string of the molecule is O=C(N[C@H]1[C@@H](O)[C@H](n2cnc3c(NC4CCCC4)ncnc32)O[C@@H]1CO)c1ccc2c(c1)OCO2. The Morgan fingerprint density at radius 2 is 1.97 bits per heavy atom. The number of carbonyl (C=O) groups is 1. The van der Waals surface area contributed by atoms with Gasteiger partial charge in [-0.1, -0.05) is 12.8 Å². The third kappa shape index (κ3) is 3.93. The summed E-state index contributed by atoms with van der Waals surface area (Å²) in [4.78, 5) is 26.1. The molecular formula is C23H26N6O6. The van der Waals surface area contributed by atoms with E-state index in [4.69, 9.17) is 14.2 Å². The summed E-state index contributed by atoms with van der Waals surface area (Å²) < 4.78 is 18.2. The first-order chi connectivity index (χ1) is 17.1. The van der Waals surface area contributed by atoms with Crippen LogP contribution in [-0.2, 0) is 4.74 Å². The van der Waals surface area contributed by atoms with Gasteiger partial charge in [-0.2, -0.15) is 0 Å². The van der Waals surface area contributed by atoms with Crippen LogP contribution in [0.4, 0.5) is 5.82 Å². The fourth-order valence-corrected chi connectivity index (χ4v) is 4.99. The lowest BCUT2D eigenvalue weighted by Gasteiger charge is -2.21. The Kier molecular flexibility index (Phi) is 5.63. The van der Waals surface area contributed by atoms with Crippen LogP contribution in [-0.4, -0.2) is 73.3 Å². The van der Waals surface area contributed by atoms with Crippen LogP contribution in [0.1, 0.15) is 42.3 Å². The minimum absolute atomic E-state index is 0.101. The molecule has 2 aromatic heterocycles. The Labute approximate surface area is 200 Å². The van der Waals surface area contributed by atoms with Crippen LogP contribution in [0.15, 0.2) is 30.9 Å². The first kappa shape index (κ1) is 22.0. The van der Waals surface area contributed by atoms with E-state index >= 15 is 0 Å². The van der Waals surface area contributed by atoms with Crippen LogP contribution in [0.3, 0.4) is 0 Å². The van der Waals surface area contributed by atoms with E-state index < -0.39 is 37.0 Å². The van der Waals surface area contributed by atoms with Crippen molar-refractivity contribution in [3.05, 3.63) is 36.4 Å². The molecule has 1 aliphatic carbocycles. The summed E-state index contributed by atoms with van der Waals surface area (Å²) in [6.45, 7) is -0.292. The Hall–Kier alpha value is -3.48. The molecule has 0 radical (unpaired) electrons. The second-order valence-corrected chi connectivity index (χ2v) is 8.98. The van der Waals surface area contributed by atoms with Crippen LogP contribution < -0.4 is 20.1 Å². The van der Waals surface area contributed by atoms with Crippen LogP contribution in [0, 0.1) is 0 Å². The van der Waals surface area contributed by atoms with Gasteiger partial charge in [0.15, 0.2) is 34.7 Å². The predicted octanol–water partition coefficient (Wildman–Crippen LogP) is 0.959. The molecule has 4 heterocycles. The van der Waals surface area contributed by atoms with Crippen molar-refractivity contribution in [2.75, 3.05) is 18.7 Å². The lowest BCUT2D eigenvalue weighted by Crippen LogP contribution is -2.48. The van der Waals surface area contributed by atoms with Crippen LogP contribution in [0.5, 0.6) is 11.5 Å². The van der Waals surface area contributed by atoms with Gasteiger partial charge in [-0.05, 0) is 31.0 Å². The molecular weight excluding hydrogens is 456 g/mol. The number of aliphatic hydroxyl groups excluding tert-OH is 2. The summed E-state index contributed by atoms with van der Waals surface area (Å²) in [5, 5.41) is 27.3. The molecule has 1 aromatic carbocycles. The normalized spacial score (nSPS) is 25.9. The number of nitrogens with one attached hydrogen (secondary N) is 2. The summed E-state index contributed by atoms with van der Waals surface area (Å²) in [6.07, 6.45) is 4.61. The van der Waals surface area contributed by atoms with Gasteiger partial charge in [-0.25, -0.2) is 15.0 Å². The average Bonchev–Trinajstić information content (AvgIpc) is 3.66. The first-order valence-corrected chi connectivity index (χ1v) is 11.7. The van der Waals surface area contributed by atoms with Gasteiger partial charge in [-0.15, -0.1) is 0 Å². The molecule has 35 heavy (non-hydrogen) atoms. The number of hydrogen-bond acceptors (Lipinski definition) is 10. The molecule has 1 saturated carbocycles. The lowest BCUT2D eigenvalue weighted by atomic mass is 10.1. The fraction of sp³-hybridized carbons (Fsp3) is 0.478. The maximum atomic E-state index is 12.9. The summed E-state index contributed by atoms with van der Waals surface area (Å²) in [5.74, 6) is 1.24. The lowest BCUT2D eigenvalue weighted by molar-refractivity contribution is -0.0489. The smallest absolute Gasteiger partial charge is 0.251 e. The van der Waals surface area contributed by atoms with Gasteiger partial charge in [0.25, 0.3) is 5.91 Å². The number of ether oxygens (including phenoxy) is 3. The fourth-order valence-electron chi connectivity index (χ4n) is 4.99. The number of aliphatic hydroxyl groups is 2. The third-order valence-corrected chi connectivity index (χ3v) is 6.82. The highest BCUT2D eigenvalue weighted by Crippen LogP contribution is 2.35. The van der Waals surface area contributed by atoms with E-state index in [0.29, 0.717) is 40.1 Å². The molecule has 4 N–H and O–H groups in total. The minimum Gasteiger partial charge on any atom is -0.454 e. The molecule has 3 aliphatic rings. The molecule has 12 heteroatoms. The number of benzene rings is 1. The summed E-state index contributed by atoms with van der Waals surface area (Å²) >= 11 is 0. The number of rotatable bonds is 6. The van der Waals surface area contributed by atoms with E-state index in [1.54, 1.807) is 22.8 Å². The number of nitrogens with zero attached hydrogens (tertiary/aromatic N) is 4. The van der Waals surface area contributed by atoms with Gasteiger partial charge in [-0.3, -0.25) is 9.36 Å². The maximum absolute atomic E-state index is 12.9. The molecule has 184 valence electrons. The van der Waals surface area contributed by atoms with Crippen LogP contribution >= 0.6 is 0 Å². The van der Waals surface area contributed by atoms with Crippen molar-refractivity contribution in [1.82, 2.24) is 24.8 Å². The minimum atomic E-state index is -1.16. The molecule has 6 rings (SSSR count). The highest BCUT2D eigenvalue weighted by molar-refractivity contribution is 5.95. The molecule has 0 spiro atoms. The summed E-state index contributed by atoms with van der Waals surface area (Å²) in [7, 11) is 0. The molecule has 12 nitrogen and oxygen atoms in total.